The van der Waals surface area contributed by atoms with E-state index >= 15 is 0 Å². The summed E-state index contributed by atoms with van der Waals surface area (Å²) in [7, 11) is -1.08. The first-order valence-corrected chi connectivity index (χ1v) is 8.10. The van der Waals surface area contributed by atoms with Gasteiger partial charge in [0.05, 0.1) is 5.92 Å². The summed E-state index contributed by atoms with van der Waals surface area (Å²) in [4.78, 5) is 12.1. The second-order valence-electron chi connectivity index (χ2n) is 4.69. The number of hydrogen-bond donors (Lipinski definition) is 0. The predicted molar refractivity (Wildman–Crippen MR) is 84.6 cm³/mol. The van der Waals surface area contributed by atoms with Crippen LogP contribution >= 0.6 is 8.15 Å². The van der Waals surface area contributed by atoms with E-state index in [4.69, 9.17) is 4.52 Å². The van der Waals surface area contributed by atoms with Crippen LogP contribution < -0.4 is 10.6 Å². The van der Waals surface area contributed by atoms with E-state index in [0.29, 0.717) is 0 Å². The van der Waals surface area contributed by atoms with Gasteiger partial charge in [-0.15, -0.1) is 0 Å². The molecule has 1 atom stereocenters. The molecule has 20 heavy (non-hydrogen) atoms. The van der Waals surface area contributed by atoms with Crippen molar-refractivity contribution < 1.29 is 9.32 Å². The molecule has 0 bridgehead atoms. The summed E-state index contributed by atoms with van der Waals surface area (Å²) in [5.74, 6) is -0.182. The van der Waals surface area contributed by atoms with Gasteiger partial charge in [0.15, 0.2) is 8.15 Å². The van der Waals surface area contributed by atoms with Crippen LogP contribution in [0, 0.1) is 5.92 Å². The standard InChI is InChI=1S/C17H19O2P/c1-3-14(2)17(18)19-20(15-10-6-4-7-11-15)16-12-8-5-9-13-16/h4-14H,3H2,1-2H3. The van der Waals surface area contributed by atoms with E-state index in [0.717, 1.165) is 17.0 Å². The van der Waals surface area contributed by atoms with E-state index < -0.39 is 8.15 Å². The molecular weight excluding hydrogens is 267 g/mol. The molecule has 0 heterocycles. The third-order valence-electron chi connectivity index (χ3n) is 3.18. The minimum absolute atomic E-state index is 0.0626. The van der Waals surface area contributed by atoms with Crippen molar-refractivity contribution in [1.29, 1.82) is 0 Å². The van der Waals surface area contributed by atoms with Crippen LogP contribution in [0.1, 0.15) is 20.3 Å². The predicted octanol–water partition coefficient (Wildman–Crippen LogP) is 3.62. The van der Waals surface area contributed by atoms with Crippen LogP contribution in [0.2, 0.25) is 0 Å². The van der Waals surface area contributed by atoms with Crippen LogP contribution in [0.4, 0.5) is 0 Å². The first-order valence-electron chi connectivity index (χ1n) is 6.84. The lowest BCUT2D eigenvalue weighted by molar-refractivity contribution is -0.137. The van der Waals surface area contributed by atoms with Gasteiger partial charge in [-0.3, -0.25) is 4.79 Å². The Bertz CT molecular complexity index is 500. The van der Waals surface area contributed by atoms with Gasteiger partial charge in [-0.05, 0) is 6.42 Å². The topological polar surface area (TPSA) is 26.3 Å². The second kappa shape index (κ2) is 7.21. The number of carbonyl (C=O) groups excluding carboxylic acids is 1. The molecule has 0 aliphatic heterocycles. The summed E-state index contributed by atoms with van der Waals surface area (Å²) in [6.45, 7) is 3.91. The summed E-state index contributed by atoms with van der Waals surface area (Å²) in [6.07, 6.45) is 0.797. The third kappa shape index (κ3) is 3.68. The molecular formula is C17H19O2P. The average Bonchev–Trinajstić information content (AvgIpc) is 2.53. The zero-order chi connectivity index (χ0) is 14.4. The minimum atomic E-state index is -1.08. The smallest absolute Gasteiger partial charge is 0.311 e. The molecule has 0 aliphatic rings. The van der Waals surface area contributed by atoms with Gasteiger partial charge in [-0.25, -0.2) is 0 Å². The van der Waals surface area contributed by atoms with Gasteiger partial charge in [0.25, 0.3) is 0 Å². The first-order chi connectivity index (χ1) is 9.72. The number of rotatable bonds is 5. The molecule has 0 amide bonds. The molecule has 2 nitrogen and oxygen atoms in total. The van der Waals surface area contributed by atoms with Gasteiger partial charge in [0.2, 0.25) is 0 Å². The molecule has 0 aromatic heterocycles. The summed E-state index contributed by atoms with van der Waals surface area (Å²) in [6, 6.07) is 19.9. The van der Waals surface area contributed by atoms with Crippen LogP contribution in [0.5, 0.6) is 0 Å². The second-order valence-corrected chi connectivity index (χ2v) is 6.49. The lowest BCUT2D eigenvalue weighted by atomic mass is 10.1. The molecule has 0 aliphatic carbocycles. The Morgan fingerprint density at radius 2 is 1.45 bits per heavy atom. The van der Waals surface area contributed by atoms with E-state index in [2.05, 4.69) is 0 Å². The molecule has 2 aromatic rings. The maximum Gasteiger partial charge on any atom is 0.311 e. The van der Waals surface area contributed by atoms with Gasteiger partial charge >= 0.3 is 5.97 Å². The number of hydrogen-bond acceptors (Lipinski definition) is 2. The zero-order valence-corrected chi connectivity index (χ0v) is 12.7. The quantitative estimate of drug-likeness (QED) is 0.785. The summed E-state index contributed by atoms with van der Waals surface area (Å²) >= 11 is 0. The molecule has 3 heteroatoms. The zero-order valence-electron chi connectivity index (χ0n) is 11.8. The molecule has 0 fully saturated rings. The Balaban J connectivity index is 2.28. The fraction of sp³-hybridized carbons (Fsp3) is 0.235. The lowest BCUT2D eigenvalue weighted by Crippen LogP contribution is -2.20. The van der Waals surface area contributed by atoms with Crippen LogP contribution in [0.25, 0.3) is 0 Å². The van der Waals surface area contributed by atoms with Crippen LogP contribution in [-0.4, -0.2) is 5.97 Å². The van der Waals surface area contributed by atoms with Crippen molar-refractivity contribution in [2.45, 2.75) is 20.3 Å². The number of carbonyl (C=O) groups is 1. The van der Waals surface area contributed by atoms with Crippen LogP contribution in [0.15, 0.2) is 60.7 Å². The summed E-state index contributed by atoms with van der Waals surface area (Å²) in [5, 5.41) is 2.12. The van der Waals surface area contributed by atoms with Gasteiger partial charge in [-0.2, -0.15) is 0 Å². The van der Waals surface area contributed by atoms with Gasteiger partial charge in [0, 0.05) is 10.6 Å². The molecule has 1 unspecified atom stereocenters. The van der Waals surface area contributed by atoms with E-state index in [1.165, 1.54) is 0 Å². The molecule has 0 spiro atoms. The normalized spacial score (nSPS) is 12.2. The van der Waals surface area contributed by atoms with Crippen molar-refractivity contribution in [3.63, 3.8) is 0 Å². The lowest BCUT2D eigenvalue weighted by Gasteiger charge is -2.19. The summed E-state index contributed by atoms with van der Waals surface area (Å²) < 4.78 is 5.80. The van der Waals surface area contributed by atoms with E-state index in [1.807, 2.05) is 74.5 Å². The van der Waals surface area contributed by atoms with Crippen molar-refractivity contribution in [2.24, 2.45) is 5.92 Å². The van der Waals surface area contributed by atoms with Gasteiger partial charge < -0.3 is 4.52 Å². The number of benzene rings is 2. The third-order valence-corrected chi connectivity index (χ3v) is 5.07. The van der Waals surface area contributed by atoms with Crippen molar-refractivity contribution >= 4 is 24.7 Å². The molecule has 104 valence electrons. The molecule has 2 rings (SSSR count). The monoisotopic (exact) mass is 286 g/mol. The highest BCUT2D eigenvalue weighted by Crippen LogP contribution is 2.36. The van der Waals surface area contributed by atoms with E-state index in [9.17, 15) is 4.79 Å². The largest absolute Gasteiger partial charge is 0.435 e. The Morgan fingerprint density at radius 3 is 1.85 bits per heavy atom. The average molecular weight is 286 g/mol. The molecule has 0 radical (unpaired) electrons. The fourth-order valence-electron chi connectivity index (χ4n) is 1.73. The maximum absolute atomic E-state index is 12.1. The van der Waals surface area contributed by atoms with E-state index in [-0.39, 0.29) is 11.9 Å². The van der Waals surface area contributed by atoms with Crippen LogP contribution in [-0.2, 0) is 9.32 Å². The van der Waals surface area contributed by atoms with Crippen molar-refractivity contribution in [3.05, 3.63) is 60.7 Å². The Kier molecular flexibility index (Phi) is 5.31. The highest BCUT2D eigenvalue weighted by atomic mass is 31.1. The van der Waals surface area contributed by atoms with Crippen molar-refractivity contribution in [3.8, 4) is 0 Å². The molecule has 0 saturated carbocycles. The molecule has 2 aromatic carbocycles. The maximum atomic E-state index is 12.1. The summed E-state index contributed by atoms with van der Waals surface area (Å²) in [5.41, 5.74) is 0. The fourth-order valence-corrected chi connectivity index (χ4v) is 3.48. The molecule has 0 saturated heterocycles. The minimum Gasteiger partial charge on any atom is -0.435 e. The van der Waals surface area contributed by atoms with E-state index in [1.54, 1.807) is 0 Å². The van der Waals surface area contributed by atoms with Gasteiger partial charge in [-0.1, -0.05) is 74.5 Å². The van der Waals surface area contributed by atoms with Crippen LogP contribution in [0.3, 0.4) is 0 Å². The first kappa shape index (κ1) is 14.7. The highest BCUT2D eigenvalue weighted by molar-refractivity contribution is 7.69. The molecule has 0 N–H and O–H groups in total. The Morgan fingerprint density at radius 1 is 1.00 bits per heavy atom. The van der Waals surface area contributed by atoms with Crippen molar-refractivity contribution in [1.82, 2.24) is 0 Å². The van der Waals surface area contributed by atoms with Crippen molar-refractivity contribution in [2.75, 3.05) is 0 Å². The Labute approximate surface area is 121 Å². The highest BCUT2D eigenvalue weighted by Gasteiger charge is 2.22. The SMILES string of the molecule is CCC(C)C(=O)OP(c1ccccc1)c1ccccc1. The van der Waals surface area contributed by atoms with Gasteiger partial charge in [0.1, 0.15) is 0 Å². The Hall–Kier alpha value is -1.66.